The molecule has 2 aromatic rings. The van der Waals surface area contributed by atoms with Gasteiger partial charge in [0.2, 0.25) is 0 Å². The maximum atomic E-state index is 12.7. The minimum absolute atomic E-state index is 0.0243. The van der Waals surface area contributed by atoms with Crippen LogP contribution in [0.3, 0.4) is 0 Å². The molecule has 1 fully saturated rings. The fourth-order valence-corrected chi connectivity index (χ4v) is 4.03. The first-order valence-corrected chi connectivity index (χ1v) is 11.8. The maximum absolute atomic E-state index is 12.7. The number of phenolic OH excluding ortho intramolecular Hbond substituents is 1. The summed E-state index contributed by atoms with van der Waals surface area (Å²) in [6, 6.07) is 11.4. The third-order valence-electron chi connectivity index (χ3n) is 5.95. The van der Waals surface area contributed by atoms with Gasteiger partial charge in [0.1, 0.15) is 17.5 Å². The second-order valence-electron chi connectivity index (χ2n) is 10.8. The number of phenols is 1. The number of hydrogen-bond donors (Lipinski definition) is 4. The molecule has 3 rings (SSSR count). The molecule has 7 heteroatoms. The lowest BCUT2D eigenvalue weighted by Gasteiger charge is -2.27. The number of rotatable bonds is 6. The molecule has 0 spiro atoms. The van der Waals surface area contributed by atoms with Gasteiger partial charge in [0.15, 0.2) is 0 Å². The molecular formula is C27H38N4O3. The molecule has 1 aliphatic rings. The van der Waals surface area contributed by atoms with E-state index in [-0.39, 0.29) is 22.8 Å². The van der Waals surface area contributed by atoms with Crippen LogP contribution in [0.15, 0.2) is 41.5 Å². The van der Waals surface area contributed by atoms with Crippen LogP contribution >= 0.6 is 0 Å². The Morgan fingerprint density at radius 2 is 1.68 bits per heavy atom. The van der Waals surface area contributed by atoms with Gasteiger partial charge in [-0.25, -0.2) is 16.3 Å². The molecule has 7 nitrogen and oxygen atoms in total. The number of carbonyl (C=O) groups is 1. The van der Waals surface area contributed by atoms with Crippen molar-refractivity contribution in [2.45, 2.75) is 77.8 Å². The Kier molecular flexibility index (Phi) is 7.68. The van der Waals surface area contributed by atoms with Crippen molar-refractivity contribution in [1.82, 2.24) is 16.3 Å². The lowest BCUT2D eigenvalue weighted by atomic mass is 9.78. The molecule has 0 saturated carbocycles. The topological polar surface area (TPSA) is 95.0 Å². The molecular weight excluding hydrogens is 428 g/mol. The van der Waals surface area contributed by atoms with Crippen molar-refractivity contribution in [2.75, 3.05) is 6.61 Å². The zero-order valence-corrected chi connectivity index (χ0v) is 21.3. The van der Waals surface area contributed by atoms with E-state index in [1.807, 2.05) is 43.3 Å². The van der Waals surface area contributed by atoms with Gasteiger partial charge in [0.05, 0.1) is 12.8 Å². The number of nitrogens with one attached hydrogen (secondary N) is 3. The van der Waals surface area contributed by atoms with Crippen molar-refractivity contribution in [1.29, 1.82) is 0 Å². The lowest BCUT2D eigenvalue weighted by Crippen LogP contribution is -2.41. The monoisotopic (exact) mass is 466 g/mol. The minimum Gasteiger partial charge on any atom is -0.507 e. The van der Waals surface area contributed by atoms with Crippen molar-refractivity contribution in [2.24, 2.45) is 5.10 Å². The Morgan fingerprint density at radius 3 is 2.21 bits per heavy atom. The van der Waals surface area contributed by atoms with Crippen LogP contribution in [0, 0.1) is 0 Å². The minimum atomic E-state index is -0.399. The molecule has 2 aromatic carbocycles. The van der Waals surface area contributed by atoms with Crippen molar-refractivity contribution >= 4 is 12.1 Å². The molecule has 1 saturated heterocycles. The van der Waals surface area contributed by atoms with Crippen LogP contribution in [0.5, 0.6) is 11.5 Å². The van der Waals surface area contributed by atoms with E-state index in [2.05, 4.69) is 62.9 Å². The third kappa shape index (κ3) is 6.15. The van der Waals surface area contributed by atoms with E-state index in [1.165, 1.54) is 0 Å². The summed E-state index contributed by atoms with van der Waals surface area (Å²) >= 11 is 0. The SMILES string of the molecule is CCOc1ccc(C2CC(C(=O)N/N=C/c3cc(C(C)(C)C)c(O)c(C(C)(C)C)c3)NN2)cc1. The highest BCUT2D eigenvalue weighted by molar-refractivity contribution is 5.85. The smallest absolute Gasteiger partial charge is 0.258 e. The molecule has 2 unspecified atom stereocenters. The highest BCUT2D eigenvalue weighted by atomic mass is 16.5. The third-order valence-corrected chi connectivity index (χ3v) is 5.95. The number of hydrazone groups is 1. The Bertz CT molecular complexity index is 998. The first kappa shape index (κ1) is 25.7. The second-order valence-corrected chi connectivity index (χ2v) is 10.8. The van der Waals surface area contributed by atoms with E-state index in [0.29, 0.717) is 18.8 Å². The van der Waals surface area contributed by atoms with Crippen LogP contribution in [0.2, 0.25) is 0 Å². The molecule has 2 atom stereocenters. The molecule has 1 aliphatic heterocycles. The van der Waals surface area contributed by atoms with Crippen molar-refractivity contribution < 1.29 is 14.6 Å². The van der Waals surface area contributed by atoms with E-state index in [9.17, 15) is 9.90 Å². The zero-order chi connectivity index (χ0) is 25.1. The molecule has 1 heterocycles. The van der Waals surface area contributed by atoms with Crippen molar-refractivity contribution in [3.05, 3.63) is 58.7 Å². The largest absolute Gasteiger partial charge is 0.507 e. The second kappa shape index (κ2) is 10.2. The Hall–Kier alpha value is -2.90. The van der Waals surface area contributed by atoms with Gasteiger partial charge >= 0.3 is 0 Å². The number of amides is 1. The van der Waals surface area contributed by atoms with Crippen LogP contribution in [-0.2, 0) is 15.6 Å². The van der Waals surface area contributed by atoms with Crippen LogP contribution in [0.25, 0.3) is 0 Å². The predicted octanol–water partition coefficient (Wildman–Crippen LogP) is 4.44. The van der Waals surface area contributed by atoms with Gasteiger partial charge in [0.25, 0.3) is 5.91 Å². The van der Waals surface area contributed by atoms with Crippen molar-refractivity contribution in [3.8, 4) is 11.5 Å². The Labute approximate surface area is 203 Å². The number of benzene rings is 2. The highest BCUT2D eigenvalue weighted by Crippen LogP contribution is 2.39. The molecule has 4 N–H and O–H groups in total. The molecule has 34 heavy (non-hydrogen) atoms. The van der Waals surface area contributed by atoms with Crippen molar-refractivity contribution in [3.63, 3.8) is 0 Å². The summed E-state index contributed by atoms with van der Waals surface area (Å²) in [5, 5.41) is 15.1. The summed E-state index contributed by atoms with van der Waals surface area (Å²) in [4.78, 5) is 12.7. The molecule has 184 valence electrons. The summed E-state index contributed by atoms with van der Waals surface area (Å²) in [7, 11) is 0. The molecule has 0 aromatic heterocycles. The average Bonchev–Trinajstić information content (AvgIpc) is 3.24. The van der Waals surface area contributed by atoms with Crippen LogP contribution in [0.4, 0.5) is 0 Å². The standard InChI is InChI=1S/C27H38N4O3/c1-8-34-19-11-9-18(10-12-19)22-15-23(30-29-22)25(33)31-28-16-17-13-20(26(2,3)4)24(32)21(14-17)27(5,6)7/h9-14,16,22-23,29-30,32H,8,15H2,1-7H3,(H,31,33)/b28-16+. The number of nitrogens with zero attached hydrogens (tertiary/aromatic N) is 1. The van der Waals surface area contributed by atoms with Gasteiger partial charge in [-0.1, -0.05) is 53.7 Å². The summed E-state index contributed by atoms with van der Waals surface area (Å²) in [6.45, 7) is 15.0. The fraction of sp³-hybridized carbons (Fsp3) is 0.481. The summed E-state index contributed by atoms with van der Waals surface area (Å²) < 4.78 is 5.49. The van der Waals surface area contributed by atoms with Gasteiger partial charge in [-0.15, -0.1) is 0 Å². The van der Waals surface area contributed by atoms with E-state index in [0.717, 1.165) is 28.0 Å². The van der Waals surface area contributed by atoms with E-state index < -0.39 is 6.04 Å². The van der Waals surface area contributed by atoms with Crippen LogP contribution in [0.1, 0.15) is 83.2 Å². The highest BCUT2D eigenvalue weighted by Gasteiger charge is 2.30. The summed E-state index contributed by atoms with van der Waals surface area (Å²) in [5.74, 6) is 0.949. The lowest BCUT2D eigenvalue weighted by molar-refractivity contribution is -0.122. The van der Waals surface area contributed by atoms with Crippen LogP contribution in [-0.4, -0.2) is 29.9 Å². The van der Waals surface area contributed by atoms with E-state index >= 15 is 0 Å². The van der Waals surface area contributed by atoms with Gasteiger partial charge < -0.3 is 9.84 Å². The Morgan fingerprint density at radius 1 is 1.09 bits per heavy atom. The summed E-state index contributed by atoms with van der Waals surface area (Å²) in [5.41, 5.74) is 12.1. The predicted molar refractivity (Wildman–Crippen MR) is 136 cm³/mol. The number of ether oxygens (including phenoxy) is 1. The van der Waals surface area contributed by atoms with Gasteiger partial charge in [-0.3, -0.25) is 4.79 Å². The Balaban J connectivity index is 1.67. The number of hydrogen-bond acceptors (Lipinski definition) is 6. The number of carbonyl (C=O) groups excluding carboxylic acids is 1. The first-order valence-electron chi connectivity index (χ1n) is 11.8. The molecule has 1 amide bonds. The first-order chi connectivity index (χ1) is 15.9. The van der Waals surface area contributed by atoms with Gasteiger partial charge in [-0.05, 0) is 59.6 Å². The van der Waals surface area contributed by atoms with E-state index in [4.69, 9.17) is 4.74 Å². The maximum Gasteiger partial charge on any atom is 0.258 e. The summed E-state index contributed by atoms with van der Waals surface area (Å²) in [6.07, 6.45) is 2.24. The zero-order valence-electron chi connectivity index (χ0n) is 21.3. The average molecular weight is 467 g/mol. The quantitative estimate of drug-likeness (QED) is 0.373. The molecule has 0 bridgehead atoms. The molecule has 0 aliphatic carbocycles. The van der Waals surface area contributed by atoms with Gasteiger partial charge in [-0.2, -0.15) is 5.10 Å². The normalized spacial score (nSPS) is 18.9. The number of hydrazine groups is 1. The van der Waals surface area contributed by atoms with Gasteiger partial charge in [0, 0.05) is 17.2 Å². The fourth-order valence-electron chi connectivity index (χ4n) is 4.03. The van der Waals surface area contributed by atoms with E-state index in [1.54, 1.807) is 6.21 Å². The van der Waals surface area contributed by atoms with Crippen LogP contribution < -0.4 is 21.0 Å². The molecule has 0 radical (unpaired) electrons. The number of aromatic hydroxyl groups is 1.